The fraction of sp³-hybridized carbons (Fsp3) is 1.00. The molecule has 0 unspecified atom stereocenters. The molecule has 0 rings (SSSR count). The largest absolute Gasteiger partial charge is 0.383 e. The van der Waals surface area contributed by atoms with Gasteiger partial charge >= 0.3 is 0 Å². The molecule has 3 heteroatoms. The molecule has 3 nitrogen and oxygen atoms in total. The summed E-state index contributed by atoms with van der Waals surface area (Å²) in [7, 11) is 1.74. The van der Waals surface area contributed by atoms with Crippen molar-refractivity contribution >= 4 is 0 Å². The van der Waals surface area contributed by atoms with E-state index in [0.29, 0.717) is 0 Å². The fourth-order valence-corrected chi connectivity index (χ4v) is 1.95. The highest BCUT2D eigenvalue weighted by Crippen LogP contribution is 2.11. The molecule has 0 bridgehead atoms. The van der Waals surface area contributed by atoms with Crippen LogP contribution in [0.25, 0.3) is 0 Å². The van der Waals surface area contributed by atoms with Gasteiger partial charge in [0.1, 0.15) is 0 Å². The maximum absolute atomic E-state index is 4.97. The van der Waals surface area contributed by atoms with Gasteiger partial charge in [-0.15, -0.1) is 0 Å². The normalized spacial score (nSPS) is 11.2. The molecule has 0 aromatic rings. The third-order valence-corrected chi connectivity index (χ3v) is 2.79. The predicted octanol–water partition coefficient (Wildman–Crippen LogP) is 2.03. The number of hydrogen-bond acceptors (Lipinski definition) is 3. The van der Waals surface area contributed by atoms with Crippen LogP contribution in [0, 0.1) is 5.92 Å². The lowest BCUT2D eigenvalue weighted by Gasteiger charge is -2.16. The quantitative estimate of drug-likeness (QED) is 0.503. The molecule has 0 aliphatic heterocycles. The Morgan fingerprint density at radius 1 is 0.938 bits per heavy atom. The third-order valence-electron chi connectivity index (χ3n) is 2.79. The number of ether oxygens (including phenoxy) is 1. The van der Waals surface area contributed by atoms with E-state index in [9.17, 15) is 0 Å². The molecule has 0 amide bonds. The molecule has 0 aromatic carbocycles. The molecule has 0 aliphatic carbocycles. The van der Waals surface area contributed by atoms with Crippen LogP contribution < -0.4 is 10.6 Å². The number of nitrogens with one attached hydrogen (secondary N) is 2. The molecule has 0 saturated carbocycles. The van der Waals surface area contributed by atoms with Gasteiger partial charge in [-0.2, -0.15) is 0 Å². The Balaban J connectivity index is 3.25. The highest BCUT2D eigenvalue weighted by atomic mass is 16.5. The molecular weight excluding hydrogens is 200 g/mol. The molecule has 0 aliphatic rings. The zero-order valence-corrected chi connectivity index (χ0v) is 11.3. The van der Waals surface area contributed by atoms with Crippen molar-refractivity contribution in [2.24, 2.45) is 5.92 Å². The smallest absolute Gasteiger partial charge is 0.0587 e. The second-order valence-corrected chi connectivity index (χ2v) is 4.39. The van der Waals surface area contributed by atoms with Crippen molar-refractivity contribution in [2.75, 3.05) is 39.9 Å². The van der Waals surface area contributed by atoms with E-state index >= 15 is 0 Å². The number of rotatable bonds is 12. The number of hydrogen-bond donors (Lipinski definition) is 2. The molecule has 0 aromatic heterocycles. The summed E-state index contributed by atoms with van der Waals surface area (Å²) in [6.07, 6.45) is 5.33. The first-order chi connectivity index (χ1) is 7.85. The first-order valence-corrected chi connectivity index (χ1v) is 6.75. The zero-order valence-electron chi connectivity index (χ0n) is 11.3. The van der Waals surface area contributed by atoms with E-state index in [1.54, 1.807) is 7.11 Å². The van der Waals surface area contributed by atoms with E-state index in [4.69, 9.17) is 4.74 Å². The predicted molar refractivity (Wildman–Crippen MR) is 70.9 cm³/mol. The summed E-state index contributed by atoms with van der Waals surface area (Å²) >= 11 is 0. The maximum Gasteiger partial charge on any atom is 0.0587 e. The molecule has 2 N–H and O–H groups in total. The van der Waals surface area contributed by atoms with Crippen LogP contribution in [0.4, 0.5) is 0 Å². The van der Waals surface area contributed by atoms with Gasteiger partial charge in [0.15, 0.2) is 0 Å². The lowest BCUT2D eigenvalue weighted by Crippen LogP contribution is -2.32. The van der Waals surface area contributed by atoms with Gasteiger partial charge in [-0.25, -0.2) is 0 Å². The summed E-state index contributed by atoms with van der Waals surface area (Å²) in [5.41, 5.74) is 0. The van der Waals surface area contributed by atoms with Gasteiger partial charge in [0, 0.05) is 26.7 Å². The molecule has 0 saturated heterocycles. The summed E-state index contributed by atoms with van der Waals surface area (Å²) in [6.45, 7) is 9.57. The summed E-state index contributed by atoms with van der Waals surface area (Å²) in [5.74, 6) is 0.869. The minimum atomic E-state index is 0.800. The van der Waals surface area contributed by atoms with Crippen LogP contribution in [0.15, 0.2) is 0 Å². The average molecular weight is 230 g/mol. The van der Waals surface area contributed by atoms with Crippen LogP contribution in [-0.4, -0.2) is 39.9 Å². The van der Waals surface area contributed by atoms with Gasteiger partial charge in [-0.05, 0) is 25.3 Å². The molecule has 0 fully saturated rings. The average Bonchev–Trinajstić information content (AvgIpc) is 2.28. The van der Waals surface area contributed by atoms with Crippen LogP contribution in [0.3, 0.4) is 0 Å². The molecule has 0 spiro atoms. The van der Waals surface area contributed by atoms with E-state index in [0.717, 1.165) is 32.2 Å². The highest BCUT2D eigenvalue weighted by molar-refractivity contribution is 4.62. The molecule has 0 radical (unpaired) electrons. The Hall–Kier alpha value is -0.120. The first-order valence-electron chi connectivity index (χ1n) is 6.75. The van der Waals surface area contributed by atoms with Gasteiger partial charge in [0.05, 0.1) is 6.61 Å². The van der Waals surface area contributed by atoms with Crippen molar-refractivity contribution in [2.45, 2.75) is 39.5 Å². The molecule has 98 valence electrons. The summed E-state index contributed by atoms with van der Waals surface area (Å²) in [6, 6.07) is 0. The van der Waals surface area contributed by atoms with Crippen LogP contribution in [0.5, 0.6) is 0 Å². The van der Waals surface area contributed by atoms with Crippen molar-refractivity contribution in [3.8, 4) is 0 Å². The van der Waals surface area contributed by atoms with E-state index in [1.807, 2.05) is 0 Å². The lowest BCUT2D eigenvalue weighted by atomic mass is 9.98. The van der Waals surface area contributed by atoms with Gasteiger partial charge in [0.2, 0.25) is 0 Å². The molecule has 0 atom stereocenters. The minimum absolute atomic E-state index is 0.800. The fourth-order valence-electron chi connectivity index (χ4n) is 1.95. The summed E-state index contributed by atoms with van der Waals surface area (Å²) < 4.78 is 4.97. The Morgan fingerprint density at radius 3 is 2.12 bits per heavy atom. The zero-order chi connectivity index (χ0) is 12.1. The van der Waals surface area contributed by atoms with Crippen molar-refractivity contribution in [1.29, 1.82) is 0 Å². The monoisotopic (exact) mass is 230 g/mol. The van der Waals surface area contributed by atoms with E-state index < -0.39 is 0 Å². The van der Waals surface area contributed by atoms with Crippen LogP contribution in [-0.2, 0) is 4.74 Å². The standard InChI is InChI=1S/C13H30N2O/c1-4-6-13(7-5-2)12-15-9-8-14-10-11-16-3/h13-15H,4-12H2,1-3H3. The Morgan fingerprint density at radius 2 is 1.56 bits per heavy atom. The van der Waals surface area contributed by atoms with E-state index in [2.05, 4.69) is 24.5 Å². The minimum Gasteiger partial charge on any atom is -0.383 e. The lowest BCUT2D eigenvalue weighted by molar-refractivity contribution is 0.199. The highest BCUT2D eigenvalue weighted by Gasteiger charge is 2.05. The second kappa shape index (κ2) is 12.9. The Bertz CT molecular complexity index is 125. The molecule has 16 heavy (non-hydrogen) atoms. The second-order valence-electron chi connectivity index (χ2n) is 4.39. The van der Waals surface area contributed by atoms with Crippen LogP contribution >= 0.6 is 0 Å². The van der Waals surface area contributed by atoms with Crippen molar-refractivity contribution in [3.63, 3.8) is 0 Å². The van der Waals surface area contributed by atoms with Gasteiger partial charge in [0.25, 0.3) is 0 Å². The van der Waals surface area contributed by atoms with Crippen molar-refractivity contribution in [1.82, 2.24) is 10.6 Å². The van der Waals surface area contributed by atoms with Gasteiger partial charge in [-0.1, -0.05) is 26.7 Å². The topological polar surface area (TPSA) is 33.3 Å². The van der Waals surface area contributed by atoms with E-state index in [-0.39, 0.29) is 0 Å². The number of methoxy groups -OCH3 is 1. The summed E-state index contributed by atoms with van der Waals surface area (Å²) in [5, 5.41) is 6.87. The van der Waals surface area contributed by atoms with Crippen molar-refractivity contribution < 1.29 is 4.74 Å². The Kier molecular flexibility index (Phi) is 12.9. The first kappa shape index (κ1) is 15.9. The SMILES string of the molecule is CCCC(CCC)CNCCNCCOC. The van der Waals surface area contributed by atoms with Gasteiger partial charge in [-0.3, -0.25) is 0 Å². The summed E-state index contributed by atoms with van der Waals surface area (Å²) in [4.78, 5) is 0. The van der Waals surface area contributed by atoms with Crippen LogP contribution in [0.1, 0.15) is 39.5 Å². The third kappa shape index (κ3) is 10.4. The van der Waals surface area contributed by atoms with Crippen molar-refractivity contribution in [3.05, 3.63) is 0 Å². The van der Waals surface area contributed by atoms with Crippen LogP contribution in [0.2, 0.25) is 0 Å². The maximum atomic E-state index is 4.97. The van der Waals surface area contributed by atoms with E-state index in [1.165, 1.54) is 32.2 Å². The van der Waals surface area contributed by atoms with Gasteiger partial charge < -0.3 is 15.4 Å². The molecule has 0 heterocycles. The Labute approximate surface area is 101 Å². The molecular formula is C13H30N2O.